The number of hydrogen-bond acceptors (Lipinski definition) is 16. The standard InChI is InChI=1S/C23H22N8O7S4/c1-2-37-19(34)11-4-3-5-12(6-11)38-29-13(15-27-21(24)42-30-15)16(32)26-14-17(33)31-7-23(20(35)36,8-39-18(14)31)9-40-22-28-25-10-41-22/h3-6,10,14,18H,2,7-9H2,1H3,(H,26,32)(H,35,36)(H2,24,27,30)/t14?,18-,23?/m1/s1. The number of rotatable bonds is 11. The summed E-state index contributed by atoms with van der Waals surface area (Å²) in [5.74, 6) is -2.34. The number of thioether (sulfide) groups is 2. The van der Waals surface area contributed by atoms with Crippen molar-refractivity contribution in [3.8, 4) is 5.75 Å². The van der Waals surface area contributed by atoms with Crippen LogP contribution in [0, 0.1) is 5.41 Å². The zero-order valence-corrected chi connectivity index (χ0v) is 24.9. The van der Waals surface area contributed by atoms with E-state index in [2.05, 4.69) is 30.0 Å². The second kappa shape index (κ2) is 12.6. The van der Waals surface area contributed by atoms with Crippen molar-refractivity contribution in [3.05, 3.63) is 41.2 Å². The van der Waals surface area contributed by atoms with Crippen LogP contribution in [0.3, 0.4) is 0 Å². The van der Waals surface area contributed by atoms with E-state index >= 15 is 0 Å². The molecule has 220 valence electrons. The van der Waals surface area contributed by atoms with E-state index < -0.39 is 40.6 Å². The van der Waals surface area contributed by atoms with E-state index in [-0.39, 0.29) is 52.6 Å². The minimum atomic E-state index is -1.19. The van der Waals surface area contributed by atoms with E-state index in [1.807, 2.05) is 0 Å². The number of carbonyl (C=O) groups excluding carboxylic acids is 3. The number of ether oxygens (including phenoxy) is 1. The number of nitrogens with two attached hydrogens (primary N) is 1. The Balaban J connectivity index is 1.28. The molecule has 4 N–H and O–H groups in total. The lowest BCUT2D eigenvalue weighted by atomic mass is 9.89. The molecule has 3 aromatic rings. The molecule has 5 rings (SSSR count). The average Bonchev–Trinajstić information content (AvgIpc) is 3.67. The summed E-state index contributed by atoms with van der Waals surface area (Å²) >= 11 is 4.69. The fourth-order valence-corrected chi connectivity index (χ4v) is 7.83. The fraction of sp³-hybridized carbons (Fsp3) is 0.348. The highest BCUT2D eigenvalue weighted by Gasteiger charge is 2.57. The minimum Gasteiger partial charge on any atom is -0.481 e. The summed E-state index contributed by atoms with van der Waals surface area (Å²) in [6.45, 7) is 1.87. The van der Waals surface area contributed by atoms with Crippen LogP contribution in [-0.2, 0) is 19.1 Å². The number of nitrogens with one attached hydrogen (secondary N) is 1. The third-order valence-corrected chi connectivity index (χ3v) is 10.4. The molecule has 2 amide bonds. The Morgan fingerprint density at radius 3 is 2.88 bits per heavy atom. The molecule has 42 heavy (non-hydrogen) atoms. The van der Waals surface area contributed by atoms with Gasteiger partial charge in [-0.3, -0.25) is 14.4 Å². The number of carboxylic acids is 1. The summed E-state index contributed by atoms with van der Waals surface area (Å²) in [4.78, 5) is 61.6. The van der Waals surface area contributed by atoms with E-state index in [1.54, 1.807) is 18.5 Å². The number of nitrogens with zero attached hydrogens (tertiary/aromatic N) is 6. The van der Waals surface area contributed by atoms with Gasteiger partial charge in [0.1, 0.15) is 22.3 Å². The van der Waals surface area contributed by atoms with Crippen LogP contribution >= 0.6 is 46.4 Å². The molecule has 0 radical (unpaired) electrons. The van der Waals surface area contributed by atoms with Gasteiger partial charge in [-0.2, -0.15) is 9.36 Å². The SMILES string of the molecule is CCOC(=O)c1cccc(ON=C(C(=O)NC2C(=O)N3CC(CSc4nncs4)(C(=O)O)CS[C@H]23)c2nsc(N)n2)c1. The molecule has 0 aliphatic carbocycles. The number of esters is 1. The largest absolute Gasteiger partial charge is 0.481 e. The molecule has 3 atom stereocenters. The highest BCUT2D eigenvalue weighted by Crippen LogP contribution is 2.44. The maximum Gasteiger partial charge on any atom is 0.338 e. The van der Waals surface area contributed by atoms with Gasteiger partial charge < -0.3 is 30.6 Å². The van der Waals surface area contributed by atoms with Gasteiger partial charge in [0.2, 0.25) is 17.4 Å². The number of nitrogen functional groups attached to an aromatic ring is 1. The number of aliphatic carboxylic acids is 1. The van der Waals surface area contributed by atoms with Gasteiger partial charge in [-0.25, -0.2) is 4.79 Å². The smallest absolute Gasteiger partial charge is 0.338 e. The number of amides is 2. The highest BCUT2D eigenvalue weighted by atomic mass is 32.2. The van der Waals surface area contributed by atoms with Crippen LogP contribution in [0.5, 0.6) is 5.75 Å². The first-order valence-corrected chi connectivity index (χ1v) is 15.9. The van der Waals surface area contributed by atoms with Gasteiger partial charge in [0.15, 0.2) is 15.2 Å². The molecule has 2 fully saturated rings. The summed E-state index contributed by atoms with van der Waals surface area (Å²) in [6.07, 6.45) is 0. The Hall–Kier alpha value is -3.81. The molecule has 19 heteroatoms. The normalized spacial score (nSPS) is 21.7. The second-order valence-corrected chi connectivity index (χ2v) is 12.9. The molecule has 0 bridgehead atoms. The number of β-lactam (4-membered cyclic amide) rings is 1. The average molecular weight is 651 g/mol. The van der Waals surface area contributed by atoms with Crippen molar-refractivity contribution in [2.45, 2.75) is 22.7 Å². The molecule has 2 saturated heterocycles. The predicted octanol–water partition coefficient (Wildman–Crippen LogP) is 1.19. The van der Waals surface area contributed by atoms with E-state index in [9.17, 15) is 24.3 Å². The molecule has 2 unspecified atom stereocenters. The van der Waals surface area contributed by atoms with E-state index in [0.717, 1.165) is 11.5 Å². The first-order valence-electron chi connectivity index (χ1n) is 12.2. The van der Waals surface area contributed by atoms with Gasteiger partial charge in [-0.15, -0.1) is 22.0 Å². The van der Waals surface area contributed by atoms with Crippen molar-refractivity contribution in [3.63, 3.8) is 0 Å². The number of benzene rings is 1. The first kappa shape index (κ1) is 29.7. The molecule has 4 heterocycles. The Morgan fingerprint density at radius 2 is 2.19 bits per heavy atom. The molecule has 2 aromatic heterocycles. The predicted molar refractivity (Wildman–Crippen MR) is 154 cm³/mol. The maximum absolute atomic E-state index is 13.3. The van der Waals surface area contributed by atoms with Gasteiger partial charge in [-0.1, -0.05) is 34.3 Å². The molecular weight excluding hydrogens is 629 g/mol. The Morgan fingerprint density at radius 1 is 1.36 bits per heavy atom. The van der Waals surface area contributed by atoms with Crippen LogP contribution in [0.2, 0.25) is 0 Å². The number of carbonyl (C=O) groups is 4. The Kier molecular flexibility index (Phi) is 8.90. The van der Waals surface area contributed by atoms with Crippen molar-refractivity contribution < 1.29 is 33.9 Å². The van der Waals surface area contributed by atoms with Crippen LogP contribution in [0.15, 0.2) is 39.3 Å². The topological polar surface area (TPSA) is 212 Å². The van der Waals surface area contributed by atoms with Crippen molar-refractivity contribution >= 4 is 81.0 Å². The molecule has 2 aliphatic rings. The zero-order valence-electron chi connectivity index (χ0n) is 21.7. The first-order chi connectivity index (χ1) is 20.2. The molecule has 1 aromatic carbocycles. The Labute approximate surface area is 254 Å². The van der Waals surface area contributed by atoms with Crippen molar-refractivity contribution in [1.29, 1.82) is 0 Å². The zero-order chi connectivity index (χ0) is 29.9. The summed E-state index contributed by atoms with van der Waals surface area (Å²) in [7, 11) is 0. The van der Waals surface area contributed by atoms with Gasteiger partial charge >= 0.3 is 11.9 Å². The number of hydrogen-bond donors (Lipinski definition) is 3. The van der Waals surface area contributed by atoms with Gasteiger partial charge in [-0.05, 0) is 25.1 Å². The molecule has 15 nitrogen and oxygen atoms in total. The van der Waals surface area contributed by atoms with E-state index in [0.29, 0.717) is 4.34 Å². The van der Waals surface area contributed by atoms with Crippen molar-refractivity contribution in [1.82, 2.24) is 29.8 Å². The monoisotopic (exact) mass is 650 g/mol. The molecule has 2 aliphatic heterocycles. The fourth-order valence-electron chi connectivity index (χ4n) is 4.05. The lowest BCUT2D eigenvalue weighted by Crippen LogP contribution is -2.74. The highest BCUT2D eigenvalue weighted by molar-refractivity contribution is 8.01. The molecule has 0 saturated carbocycles. The van der Waals surface area contributed by atoms with Crippen LogP contribution in [-0.4, -0.2) is 95.1 Å². The van der Waals surface area contributed by atoms with Crippen LogP contribution < -0.4 is 15.9 Å². The van der Waals surface area contributed by atoms with Crippen molar-refractivity contribution in [2.24, 2.45) is 10.6 Å². The Bertz CT molecular complexity index is 1530. The second-order valence-electron chi connectivity index (χ2n) is 8.93. The van der Waals surface area contributed by atoms with E-state index in [1.165, 1.54) is 58.0 Å². The van der Waals surface area contributed by atoms with Crippen LogP contribution in [0.25, 0.3) is 0 Å². The summed E-state index contributed by atoms with van der Waals surface area (Å²) < 4.78 is 9.66. The lowest BCUT2D eigenvalue weighted by Gasteiger charge is -2.53. The number of aromatic nitrogens is 4. The van der Waals surface area contributed by atoms with E-state index in [4.69, 9.17) is 15.3 Å². The number of anilines is 1. The lowest BCUT2D eigenvalue weighted by molar-refractivity contribution is -0.157. The summed E-state index contributed by atoms with van der Waals surface area (Å²) in [5, 5.41) is 23.9. The van der Waals surface area contributed by atoms with Crippen molar-refractivity contribution in [2.75, 3.05) is 30.4 Å². The third-order valence-electron chi connectivity index (χ3n) is 6.15. The molecule has 0 spiro atoms. The molecular formula is C23H22N8O7S4. The third kappa shape index (κ3) is 6.18. The maximum atomic E-state index is 13.3. The minimum absolute atomic E-state index is 0.0119. The number of oxime groups is 1. The number of carboxylic acid groups (broad SMARTS) is 1. The summed E-state index contributed by atoms with van der Waals surface area (Å²) in [6, 6.07) is 5.08. The van der Waals surface area contributed by atoms with Gasteiger partial charge in [0.25, 0.3) is 5.91 Å². The summed E-state index contributed by atoms with van der Waals surface area (Å²) in [5.41, 5.74) is 5.95. The van der Waals surface area contributed by atoms with Crippen LogP contribution in [0.1, 0.15) is 23.1 Å². The van der Waals surface area contributed by atoms with Gasteiger partial charge in [0, 0.05) is 29.6 Å². The quantitative estimate of drug-likeness (QED) is 0.0875. The van der Waals surface area contributed by atoms with Gasteiger partial charge in [0.05, 0.1) is 12.2 Å². The van der Waals surface area contributed by atoms with Crippen LogP contribution in [0.4, 0.5) is 5.13 Å². The number of fused-ring (bicyclic) bond motifs is 1.